The molecule has 2 aromatic heterocycles. The lowest BCUT2D eigenvalue weighted by Crippen LogP contribution is -2.08. The van der Waals surface area contributed by atoms with Gasteiger partial charge in [0, 0.05) is 18.8 Å². The first-order chi connectivity index (χ1) is 8.15. The smallest absolute Gasteiger partial charge is 0.206 e. The van der Waals surface area contributed by atoms with E-state index in [1.54, 1.807) is 0 Å². The van der Waals surface area contributed by atoms with Crippen molar-refractivity contribution in [3.63, 3.8) is 0 Å². The molecule has 92 valence electrons. The second kappa shape index (κ2) is 5.59. The third kappa shape index (κ3) is 3.50. The van der Waals surface area contributed by atoms with Crippen molar-refractivity contribution in [3.8, 4) is 0 Å². The van der Waals surface area contributed by atoms with Gasteiger partial charge in [0.05, 0.1) is 5.69 Å². The summed E-state index contributed by atoms with van der Waals surface area (Å²) in [6, 6.07) is 2.09. The Morgan fingerprint density at radius 3 is 2.82 bits per heavy atom. The Hall–Kier alpha value is -0.950. The average molecular weight is 316 g/mol. The molecule has 0 unspecified atom stereocenters. The number of rotatable bonds is 5. The van der Waals surface area contributed by atoms with Crippen molar-refractivity contribution in [2.45, 2.75) is 26.8 Å². The van der Waals surface area contributed by atoms with Crippen molar-refractivity contribution < 1.29 is 0 Å². The molecular formula is C10H14BrN5S. The summed E-state index contributed by atoms with van der Waals surface area (Å²) in [5.41, 5.74) is 2.28. The number of hydrogen-bond acceptors (Lipinski definition) is 5. The van der Waals surface area contributed by atoms with Gasteiger partial charge in [-0.3, -0.25) is 4.68 Å². The van der Waals surface area contributed by atoms with Crippen molar-refractivity contribution in [1.82, 2.24) is 20.0 Å². The van der Waals surface area contributed by atoms with E-state index in [0.29, 0.717) is 0 Å². The van der Waals surface area contributed by atoms with Crippen LogP contribution >= 0.6 is 27.3 Å². The standard InChI is InChI=1S/C10H14BrN5S/c1-7-6-8(2)16(15-7)5-3-4-12-10-14-13-9(11)17-10/h6H,3-5H2,1-2H3,(H,12,14). The van der Waals surface area contributed by atoms with E-state index in [4.69, 9.17) is 0 Å². The number of nitrogens with zero attached hydrogens (tertiary/aromatic N) is 4. The van der Waals surface area contributed by atoms with E-state index in [2.05, 4.69) is 49.5 Å². The molecule has 2 aromatic rings. The van der Waals surface area contributed by atoms with E-state index in [0.717, 1.165) is 34.3 Å². The van der Waals surface area contributed by atoms with Crippen LogP contribution in [0, 0.1) is 13.8 Å². The maximum absolute atomic E-state index is 4.41. The minimum atomic E-state index is 0.804. The Kier molecular flexibility index (Phi) is 4.11. The van der Waals surface area contributed by atoms with Crippen LogP contribution in [-0.4, -0.2) is 26.5 Å². The van der Waals surface area contributed by atoms with Crippen LogP contribution in [0.15, 0.2) is 9.98 Å². The largest absolute Gasteiger partial charge is 0.360 e. The van der Waals surface area contributed by atoms with Crippen molar-refractivity contribution in [1.29, 1.82) is 0 Å². The van der Waals surface area contributed by atoms with Gasteiger partial charge >= 0.3 is 0 Å². The number of hydrogen-bond donors (Lipinski definition) is 1. The van der Waals surface area contributed by atoms with Crippen LogP contribution in [0.5, 0.6) is 0 Å². The quantitative estimate of drug-likeness (QED) is 0.862. The van der Waals surface area contributed by atoms with E-state index in [1.165, 1.54) is 17.0 Å². The first-order valence-electron chi connectivity index (χ1n) is 5.39. The molecule has 5 nitrogen and oxygen atoms in total. The SMILES string of the molecule is Cc1cc(C)n(CCCNc2nnc(Br)s2)n1. The van der Waals surface area contributed by atoms with Crippen LogP contribution in [-0.2, 0) is 6.54 Å². The van der Waals surface area contributed by atoms with Crippen LogP contribution in [0.3, 0.4) is 0 Å². The fraction of sp³-hybridized carbons (Fsp3) is 0.500. The van der Waals surface area contributed by atoms with Gasteiger partial charge in [-0.2, -0.15) is 5.10 Å². The summed E-state index contributed by atoms with van der Waals surface area (Å²) >= 11 is 4.78. The molecule has 2 rings (SSSR count). The van der Waals surface area contributed by atoms with Gasteiger partial charge < -0.3 is 5.32 Å². The van der Waals surface area contributed by atoms with E-state index < -0.39 is 0 Å². The molecule has 0 saturated heterocycles. The minimum Gasteiger partial charge on any atom is -0.360 e. The van der Waals surface area contributed by atoms with Gasteiger partial charge in [-0.05, 0) is 42.3 Å². The Balaban J connectivity index is 1.75. The Bertz CT molecular complexity index is 493. The lowest BCUT2D eigenvalue weighted by Gasteiger charge is -2.04. The predicted molar refractivity (Wildman–Crippen MR) is 72.4 cm³/mol. The Labute approximate surface area is 112 Å². The second-order valence-corrected chi connectivity index (χ2v) is 6.04. The first-order valence-corrected chi connectivity index (χ1v) is 7.00. The highest BCUT2D eigenvalue weighted by molar-refractivity contribution is 9.11. The molecule has 0 saturated carbocycles. The predicted octanol–water partition coefficient (Wildman–Crippen LogP) is 2.62. The number of anilines is 1. The zero-order chi connectivity index (χ0) is 12.3. The molecule has 0 atom stereocenters. The zero-order valence-corrected chi connectivity index (χ0v) is 12.2. The molecule has 0 spiro atoms. The third-order valence-corrected chi connectivity index (χ3v) is 3.64. The van der Waals surface area contributed by atoms with Crippen LogP contribution in [0.4, 0.5) is 5.13 Å². The molecule has 0 radical (unpaired) electrons. The van der Waals surface area contributed by atoms with Gasteiger partial charge in [-0.1, -0.05) is 11.3 Å². The van der Waals surface area contributed by atoms with Crippen LogP contribution in [0.1, 0.15) is 17.8 Å². The summed E-state index contributed by atoms with van der Waals surface area (Å²) in [6.07, 6.45) is 1.01. The molecule has 17 heavy (non-hydrogen) atoms. The average Bonchev–Trinajstić information content (AvgIpc) is 2.81. The van der Waals surface area contributed by atoms with Gasteiger partial charge in [-0.15, -0.1) is 10.2 Å². The van der Waals surface area contributed by atoms with Crippen LogP contribution in [0.25, 0.3) is 0 Å². The van der Waals surface area contributed by atoms with Crippen molar-refractivity contribution in [2.75, 3.05) is 11.9 Å². The highest BCUT2D eigenvalue weighted by Crippen LogP contribution is 2.19. The second-order valence-electron chi connectivity index (χ2n) is 3.79. The summed E-state index contributed by atoms with van der Waals surface area (Å²) < 4.78 is 2.84. The summed E-state index contributed by atoms with van der Waals surface area (Å²) in [5, 5.41) is 16.3. The number of halogens is 1. The normalized spacial score (nSPS) is 10.8. The van der Waals surface area contributed by atoms with E-state index in [9.17, 15) is 0 Å². The molecular weight excluding hydrogens is 302 g/mol. The molecule has 0 amide bonds. The van der Waals surface area contributed by atoms with Crippen molar-refractivity contribution >= 4 is 32.4 Å². The first kappa shape index (κ1) is 12.5. The summed E-state index contributed by atoms with van der Waals surface area (Å²) in [6.45, 7) is 5.89. The number of aromatic nitrogens is 4. The molecule has 0 bridgehead atoms. The third-order valence-electron chi connectivity index (χ3n) is 2.33. The molecule has 0 aliphatic carbocycles. The fourth-order valence-corrected chi connectivity index (χ4v) is 2.64. The highest BCUT2D eigenvalue weighted by Gasteiger charge is 2.02. The molecule has 2 heterocycles. The lowest BCUT2D eigenvalue weighted by molar-refractivity contribution is 0.573. The molecule has 0 aromatic carbocycles. The van der Waals surface area contributed by atoms with E-state index in [-0.39, 0.29) is 0 Å². The van der Waals surface area contributed by atoms with Gasteiger partial charge in [-0.25, -0.2) is 0 Å². The van der Waals surface area contributed by atoms with E-state index >= 15 is 0 Å². The number of nitrogens with one attached hydrogen (secondary N) is 1. The van der Waals surface area contributed by atoms with E-state index in [1.807, 2.05) is 11.6 Å². The molecule has 0 aliphatic heterocycles. The maximum atomic E-state index is 4.41. The summed E-state index contributed by atoms with van der Waals surface area (Å²) in [7, 11) is 0. The van der Waals surface area contributed by atoms with Gasteiger partial charge in [0.25, 0.3) is 0 Å². The topological polar surface area (TPSA) is 55.6 Å². The molecule has 1 N–H and O–H groups in total. The van der Waals surface area contributed by atoms with Crippen molar-refractivity contribution in [2.24, 2.45) is 0 Å². The molecule has 0 aliphatic rings. The van der Waals surface area contributed by atoms with Gasteiger partial charge in [0.2, 0.25) is 5.13 Å². The number of aryl methyl sites for hydroxylation is 3. The Morgan fingerprint density at radius 2 is 2.24 bits per heavy atom. The Morgan fingerprint density at radius 1 is 1.41 bits per heavy atom. The van der Waals surface area contributed by atoms with Crippen LogP contribution in [0.2, 0.25) is 0 Å². The van der Waals surface area contributed by atoms with Gasteiger partial charge in [0.1, 0.15) is 0 Å². The van der Waals surface area contributed by atoms with Crippen molar-refractivity contribution in [3.05, 3.63) is 21.4 Å². The highest BCUT2D eigenvalue weighted by atomic mass is 79.9. The minimum absolute atomic E-state index is 0.804. The summed E-state index contributed by atoms with van der Waals surface area (Å²) in [4.78, 5) is 0. The van der Waals surface area contributed by atoms with Crippen LogP contribution < -0.4 is 5.32 Å². The lowest BCUT2D eigenvalue weighted by atomic mass is 10.4. The monoisotopic (exact) mass is 315 g/mol. The fourth-order valence-electron chi connectivity index (χ4n) is 1.60. The molecule has 0 fully saturated rings. The molecule has 7 heteroatoms. The zero-order valence-electron chi connectivity index (χ0n) is 9.77. The summed E-state index contributed by atoms with van der Waals surface area (Å²) in [5.74, 6) is 0. The van der Waals surface area contributed by atoms with Gasteiger partial charge in [0.15, 0.2) is 3.92 Å². The maximum Gasteiger partial charge on any atom is 0.206 e.